The fourth-order valence-corrected chi connectivity index (χ4v) is 2.42. The zero-order chi connectivity index (χ0) is 16.7. The Bertz CT molecular complexity index is 585. The molecule has 0 heterocycles. The van der Waals surface area contributed by atoms with Gasteiger partial charge in [-0.2, -0.15) is 0 Å². The lowest BCUT2D eigenvalue weighted by molar-refractivity contribution is 0.271. The molecule has 0 saturated heterocycles. The van der Waals surface area contributed by atoms with Crippen LogP contribution in [0.4, 0.5) is 11.4 Å². The van der Waals surface area contributed by atoms with Crippen LogP contribution in [0, 0.1) is 19.8 Å². The first-order valence-corrected chi connectivity index (χ1v) is 8.32. The van der Waals surface area contributed by atoms with E-state index in [1.807, 2.05) is 12.1 Å². The van der Waals surface area contributed by atoms with Crippen molar-refractivity contribution in [1.82, 2.24) is 0 Å². The highest BCUT2D eigenvalue weighted by Gasteiger charge is 1.98. The third-order valence-electron chi connectivity index (χ3n) is 3.44. The topological polar surface area (TPSA) is 33.3 Å². The highest BCUT2D eigenvalue weighted by molar-refractivity contribution is 5.49. The minimum Gasteiger partial charge on any atom is -0.493 e. The number of benzene rings is 2. The van der Waals surface area contributed by atoms with Crippen molar-refractivity contribution in [3.8, 4) is 5.75 Å². The van der Waals surface area contributed by atoms with Crippen LogP contribution in [-0.4, -0.2) is 19.7 Å². The molecule has 2 aromatic carbocycles. The van der Waals surface area contributed by atoms with Gasteiger partial charge in [-0.05, 0) is 67.3 Å². The Morgan fingerprint density at radius 3 is 1.96 bits per heavy atom. The van der Waals surface area contributed by atoms with Gasteiger partial charge in [0.25, 0.3) is 0 Å². The largest absolute Gasteiger partial charge is 0.493 e. The van der Waals surface area contributed by atoms with Gasteiger partial charge < -0.3 is 15.4 Å². The van der Waals surface area contributed by atoms with E-state index in [0.717, 1.165) is 31.1 Å². The molecule has 0 radical (unpaired) electrons. The highest BCUT2D eigenvalue weighted by Crippen LogP contribution is 2.16. The van der Waals surface area contributed by atoms with E-state index >= 15 is 0 Å². The zero-order valence-electron chi connectivity index (χ0n) is 14.6. The highest BCUT2D eigenvalue weighted by atomic mass is 16.5. The van der Waals surface area contributed by atoms with Gasteiger partial charge in [-0.15, -0.1) is 0 Å². The second-order valence-corrected chi connectivity index (χ2v) is 6.46. The quantitative estimate of drug-likeness (QED) is 0.683. The standard InChI is InChI=1S/C20H28N2O/c1-15(2)14-23-20-7-5-18(6-8-20)21-9-10-22-19-12-16(3)11-17(4)13-19/h5-8,11-13,15,21-22H,9-10,14H2,1-4H3. The molecular weight excluding hydrogens is 284 g/mol. The van der Waals surface area contributed by atoms with Crippen molar-refractivity contribution in [3.63, 3.8) is 0 Å². The van der Waals surface area contributed by atoms with Crippen LogP contribution in [0.15, 0.2) is 42.5 Å². The van der Waals surface area contributed by atoms with Crippen molar-refractivity contribution < 1.29 is 4.74 Å². The number of anilines is 2. The van der Waals surface area contributed by atoms with E-state index < -0.39 is 0 Å². The first kappa shape index (κ1) is 17.2. The maximum atomic E-state index is 5.69. The molecule has 2 N–H and O–H groups in total. The van der Waals surface area contributed by atoms with E-state index in [-0.39, 0.29) is 0 Å². The summed E-state index contributed by atoms with van der Waals surface area (Å²) in [5.74, 6) is 1.47. The number of aryl methyl sites for hydroxylation is 2. The van der Waals surface area contributed by atoms with Crippen LogP contribution < -0.4 is 15.4 Å². The predicted molar refractivity (Wildman–Crippen MR) is 99.7 cm³/mol. The lowest BCUT2D eigenvalue weighted by atomic mass is 10.1. The van der Waals surface area contributed by atoms with Gasteiger partial charge in [-0.3, -0.25) is 0 Å². The maximum absolute atomic E-state index is 5.69. The lowest BCUT2D eigenvalue weighted by Gasteiger charge is -2.12. The summed E-state index contributed by atoms with van der Waals surface area (Å²) in [5, 5.41) is 6.87. The van der Waals surface area contributed by atoms with Crippen LogP contribution in [0.25, 0.3) is 0 Å². The van der Waals surface area contributed by atoms with Crippen molar-refractivity contribution in [2.45, 2.75) is 27.7 Å². The summed E-state index contributed by atoms with van der Waals surface area (Å²) < 4.78 is 5.69. The number of hydrogen-bond donors (Lipinski definition) is 2. The van der Waals surface area contributed by atoms with Gasteiger partial charge in [-0.25, -0.2) is 0 Å². The average molecular weight is 312 g/mol. The van der Waals surface area contributed by atoms with E-state index in [0.29, 0.717) is 5.92 Å². The fourth-order valence-electron chi connectivity index (χ4n) is 2.42. The Morgan fingerprint density at radius 2 is 1.39 bits per heavy atom. The Morgan fingerprint density at radius 1 is 0.826 bits per heavy atom. The van der Waals surface area contributed by atoms with Gasteiger partial charge in [0.15, 0.2) is 0 Å². The molecule has 124 valence electrons. The first-order chi connectivity index (χ1) is 11.0. The summed E-state index contributed by atoms with van der Waals surface area (Å²) >= 11 is 0. The predicted octanol–water partition coefficient (Wildman–Crippen LogP) is 4.86. The van der Waals surface area contributed by atoms with Gasteiger partial charge in [0.1, 0.15) is 5.75 Å². The molecule has 3 nitrogen and oxygen atoms in total. The molecule has 2 rings (SSSR count). The number of hydrogen-bond acceptors (Lipinski definition) is 3. The van der Waals surface area contributed by atoms with E-state index in [9.17, 15) is 0 Å². The Balaban J connectivity index is 1.73. The van der Waals surface area contributed by atoms with Crippen LogP contribution in [0.5, 0.6) is 5.75 Å². The van der Waals surface area contributed by atoms with Crippen LogP contribution in [0.2, 0.25) is 0 Å². The molecule has 0 amide bonds. The van der Waals surface area contributed by atoms with Gasteiger partial charge >= 0.3 is 0 Å². The summed E-state index contributed by atoms with van der Waals surface area (Å²) in [6.45, 7) is 11.1. The van der Waals surface area contributed by atoms with Crippen molar-refractivity contribution in [1.29, 1.82) is 0 Å². The number of ether oxygens (including phenoxy) is 1. The summed E-state index contributed by atoms with van der Waals surface area (Å²) in [5.41, 5.74) is 4.88. The second-order valence-electron chi connectivity index (χ2n) is 6.46. The minimum absolute atomic E-state index is 0.545. The average Bonchev–Trinajstić information content (AvgIpc) is 2.50. The first-order valence-electron chi connectivity index (χ1n) is 8.32. The van der Waals surface area contributed by atoms with E-state index in [1.165, 1.54) is 16.8 Å². The van der Waals surface area contributed by atoms with Crippen molar-refractivity contribution in [2.24, 2.45) is 5.92 Å². The monoisotopic (exact) mass is 312 g/mol. The van der Waals surface area contributed by atoms with Gasteiger partial charge in [0.2, 0.25) is 0 Å². The molecule has 0 aliphatic heterocycles. The molecule has 3 heteroatoms. The second kappa shape index (κ2) is 8.47. The Labute approximate surface area is 140 Å². The van der Waals surface area contributed by atoms with Crippen LogP contribution in [0.3, 0.4) is 0 Å². The summed E-state index contributed by atoms with van der Waals surface area (Å²) in [7, 11) is 0. The van der Waals surface area contributed by atoms with Gasteiger partial charge in [0, 0.05) is 24.5 Å². The van der Waals surface area contributed by atoms with Crippen molar-refractivity contribution in [3.05, 3.63) is 53.6 Å². The molecule has 0 bridgehead atoms. The molecule has 0 unspecified atom stereocenters. The van der Waals surface area contributed by atoms with E-state index in [2.05, 4.69) is 68.7 Å². The summed E-state index contributed by atoms with van der Waals surface area (Å²) in [6.07, 6.45) is 0. The summed E-state index contributed by atoms with van der Waals surface area (Å²) in [6, 6.07) is 14.7. The Kier molecular flexibility index (Phi) is 6.33. The molecule has 2 aromatic rings. The van der Waals surface area contributed by atoms with E-state index in [1.54, 1.807) is 0 Å². The van der Waals surface area contributed by atoms with Gasteiger partial charge in [0.05, 0.1) is 6.61 Å². The molecule has 23 heavy (non-hydrogen) atoms. The van der Waals surface area contributed by atoms with Crippen LogP contribution >= 0.6 is 0 Å². The molecule has 0 aromatic heterocycles. The number of nitrogens with one attached hydrogen (secondary N) is 2. The van der Waals surface area contributed by atoms with Gasteiger partial charge in [-0.1, -0.05) is 19.9 Å². The normalized spacial score (nSPS) is 10.7. The van der Waals surface area contributed by atoms with Crippen LogP contribution in [-0.2, 0) is 0 Å². The molecule has 0 spiro atoms. The maximum Gasteiger partial charge on any atom is 0.119 e. The fraction of sp³-hybridized carbons (Fsp3) is 0.400. The van der Waals surface area contributed by atoms with Crippen LogP contribution in [0.1, 0.15) is 25.0 Å². The summed E-state index contributed by atoms with van der Waals surface area (Å²) in [4.78, 5) is 0. The van der Waals surface area contributed by atoms with Crippen molar-refractivity contribution >= 4 is 11.4 Å². The third kappa shape index (κ3) is 6.23. The minimum atomic E-state index is 0.545. The molecular formula is C20H28N2O. The molecule has 0 fully saturated rings. The third-order valence-corrected chi connectivity index (χ3v) is 3.44. The molecule has 0 aliphatic rings. The lowest BCUT2D eigenvalue weighted by Crippen LogP contribution is -2.13. The smallest absolute Gasteiger partial charge is 0.119 e. The Hall–Kier alpha value is -2.16. The molecule has 0 aliphatic carbocycles. The zero-order valence-corrected chi connectivity index (χ0v) is 14.6. The molecule has 0 atom stereocenters. The SMILES string of the molecule is Cc1cc(C)cc(NCCNc2ccc(OCC(C)C)cc2)c1. The molecule has 0 saturated carbocycles. The van der Waals surface area contributed by atoms with E-state index in [4.69, 9.17) is 4.74 Å². The van der Waals surface area contributed by atoms with Crippen molar-refractivity contribution in [2.75, 3.05) is 30.3 Å². The number of rotatable bonds is 8.